The van der Waals surface area contributed by atoms with Gasteiger partial charge >= 0.3 is 51.6 Å². The zero-order valence-corrected chi connectivity index (χ0v) is 62.5. The van der Waals surface area contributed by atoms with Crippen LogP contribution in [0.1, 0.15) is 92.9 Å². The number of amides is 2. The van der Waals surface area contributed by atoms with Crippen molar-refractivity contribution in [2.75, 3.05) is 89.8 Å². The highest BCUT2D eigenvalue weighted by Gasteiger charge is 2.46. The van der Waals surface area contributed by atoms with Gasteiger partial charge in [0.1, 0.15) is 24.9 Å². The van der Waals surface area contributed by atoms with Crippen LogP contribution in [0.2, 0.25) is 0 Å². The Kier molecular flexibility index (Phi) is 32.4. The van der Waals surface area contributed by atoms with Gasteiger partial charge in [-0.3, -0.25) is 33.4 Å². The number of esters is 1. The van der Waals surface area contributed by atoms with Crippen LogP contribution in [0, 0.1) is 23.2 Å². The molecule has 564 valence electrons. The largest absolute Gasteiger partial charge is 0.490 e. The summed E-state index contributed by atoms with van der Waals surface area (Å²) in [6.45, 7) is 6.36. The third-order valence-electron chi connectivity index (χ3n) is 14.5. The molecule has 3 aliphatic heterocycles. The molecule has 0 bridgehead atoms. The van der Waals surface area contributed by atoms with Crippen LogP contribution in [0.5, 0.6) is 0 Å². The summed E-state index contributed by atoms with van der Waals surface area (Å²) >= 11 is 5.33. The Morgan fingerprint density at radius 1 is 0.882 bits per heavy atom. The number of phosphoric ester groups is 1. The summed E-state index contributed by atoms with van der Waals surface area (Å²) in [7, 11) is -23.5. The number of fused-ring (bicyclic) bond motifs is 2. The number of carboxylic acids is 1. The number of ketones is 1. The maximum Gasteiger partial charge on any atom is 0.490 e. The van der Waals surface area contributed by atoms with E-state index in [1.54, 1.807) is 10.8 Å². The van der Waals surface area contributed by atoms with Crippen LogP contribution in [0.3, 0.4) is 0 Å². The lowest BCUT2D eigenvalue weighted by Crippen LogP contribution is -2.72. The molecule has 1 saturated heterocycles. The molecular formula is C58H77N5O30P3S6+. The lowest BCUT2D eigenvalue weighted by Gasteiger charge is -2.25. The minimum atomic E-state index is -5.80. The summed E-state index contributed by atoms with van der Waals surface area (Å²) in [6, 6.07) is 8.64. The van der Waals surface area contributed by atoms with E-state index >= 15 is 0 Å². The number of phosphoric acid groups is 3. The van der Waals surface area contributed by atoms with Gasteiger partial charge in [0.25, 0.3) is 10.1 Å². The molecule has 2 amide bonds. The predicted molar refractivity (Wildman–Crippen MR) is 371 cm³/mol. The van der Waals surface area contributed by atoms with Crippen LogP contribution >= 0.6 is 45.1 Å². The fourth-order valence-corrected chi connectivity index (χ4v) is 17.3. The van der Waals surface area contributed by atoms with Crippen molar-refractivity contribution in [1.82, 2.24) is 10.6 Å². The lowest BCUT2D eigenvalue weighted by atomic mass is 9.88. The number of carbonyl (C=O) groups excluding carboxylic acids is 4. The highest BCUT2D eigenvalue weighted by molar-refractivity contribution is 8.77. The minimum absolute atomic E-state index is 0.00163. The van der Waals surface area contributed by atoms with E-state index < -0.39 is 141 Å². The Morgan fingerprint density at radius 3 is 2.25 bits per heavy atom. The molecule has 2 aromatic carbocycles. The van der Waals surface area contributed by atoms with Crippen LogP contribution in [-0.2, 0) is 110 Å². The minimum Gasteiger partial charge on any atom is -0.478 e. The van der Waals surface area contributed by atoms with Crippen LogP contribution in [0.4, 0.5) is 10.5 Å². The second-order valence-corrected chi connectivity index (χ2v) is 35.8. The van der Waals surface area contributed by atoms with Gasteiger partial charge in [-0.2, -0.15) is 25.5 Å². The molecule has 2 aromatic rings. The highest BCUT2D eigenvalue weighted by Crippen LogP contribution is 2.66. The Hall–Kier alpha value is -5.45. The van der Waals surface area contributed by atoms with Crippen molar-refractivity contribution in [3.63, 3.8) is 0 Å². The maximum absolute atomic E-state index is 13.6. The van der Waals surface area contributed by atoms with Crippen molar-refractivity contribution in [2.45, 2.75) is 105 Å². The normalized spacial score (nSPS) is 18.4. The number of aromatic carboxylic acids is 1. The molecule has 3 heterocycles. The topological polar surface area (TPSA) is 540 Å². The van der Waals surface area contributed by atoms with Gasteiger partial charge in [-0.1, -0.05) is 61.9 Å². The number of nitrogen functional groups attached to an aromatic ring is 1. The summed E-state index contributed by atoms with van der Waals surface area (Å²) in [6.07, 6.45) is -0.536. The zero-order valence-electron chi connectivity index (χ0n) is 55.0. The molecule has 102 heavy (non-hydrogen) atoms. The third-order valence-corrected chi connectivity index (χ3v) is 25.3. The number of hydrogen-bond donors (Lipinski definition) is 12. The number of unbranched alkanes of at least 4 members (excludes halogenated alkanes) is 1. The molecular weight excluding hydrogens is 1530 g/mol. The SMILES string of the molecule is CCS(=S)CO[C@H]1C[C@H](C2C=C(C#CCCC(=O)OCCCCOCSSC(C)(C)CCOC(=O)NCCOCCOCCCC(=O)c3ccc(C(=O)O)c(-c4c5ccc(=[NH+]C)c(S(=O)(=O)O)c-5oc5c(S(=O)(=O)O)c(N)ccc45)c3)C(=N)NC2=O)O[C@@H]1COP(=O)(O)OP(=O)(O)OP(=O)(O)O. The molecule has 0 spiro atoms. The number of amidine groups is 1. The second kappa shape index (κ2) is 38.7. The molecule has 4 aliphatic rings. The van der Waals surface area contributed by atoms with E-state index in [9.17, 15) is 78.5 Å². The van der Waals surface area contributed by atoms with Crippen molar-refractivity contribution in [1.29, 1.82) is 5.41 Å². The number of carbonyl (C=O) groups is 5. The average molecular weight is 1610 g/mol. The van der Waals surface area contributed by atoms with E-state index in [-0.39, 0.29) is 139 Å². The number of alkyl carbamates (subject to hydrolysis) is 1. The maximum atomic E-state index is 13.6. The van der Waals surface area contributed by atoms with Gasteiger partial charge < -0.3 is 78.6 Å². The van der Waals surface area contributed by atoms with Gasteiger partial charge in [0, 0.05) is 71.9 Å². The molecule has 13 N–H and O–H groups in total. The predicted octanol–water partition coefficient (Wildman–Crippen LogP) is 4.54. The summed E-state index contributed by atoms with van der Waals surface area (Å²) in [5, 5.41) is 23.3. The molecule has 4 unspecified atom stereocenters. The first-order chi connectivity index (χ1) is 47.8. The van der Waals surface area contributed by atoms with Gasteiger partial charge in [-0.25, -0.2) is 28.3 Å². The average Bonchev–Trinajstić information content (AvgIpc) is 0.829. The fraction of sp³-hybridized carbons (Fsp3) is 0.500. The third kappa shape index (κ3) is 26.5. The summed E-state index contributed by atoms with van der Waals surface area (Å²) in [5.74, 6) is 1.48. The van der Waals surface area contributed by atoms with Crippen LogP contribution < -0.4 is 26.7 Å². The number of ether oxygens (including phenoxy) is 7. The molecule has 0 aromatic heterocycles. The number of carboxylic acid groups (broad SMARTS) is 1. The lowest BCUT2D eigenvalue weighted by molar-refractivity contribution is -0.467. The Balaban J connectivity index is 0.816. The quantitative estimate of drug-likeness (QED) is 0.00277. The van der Waals surface area contributed by atoms with Crippen molar-refractivity contribution < 1.29 is 144 Å². The van der Waals surface area contributed by atoms with Crippen molar-refractivity contribution in [3.05, 3.63) is 70.6 Å². The van der Waals surface area contributed by atoms with Crippen LogP contribution in [0.25, 0.3) is 33.4 Å². The smallest absolute Gasteiger partial charge is 0.478 e. The van der Waals surface area contributed by atoms with E-state index in [4.69, 9.17) is 74.2 Å². The van der Waals surface area contributed by atoms with Crippen LogP contribution in [-0.4, -0.2) is 193 Å². The number of hydrogen-bond acceptors (Lipinski definition) is 28. The summed E-state index contributed by atoms with van der Waals surface area (Å²) < 4.78 is 164. The summed E-state index contributed by atoms with van der Waals surface area (Å²) in [4.78, 5) is 102. The van der Waals surface area contributed by atoms with E-state index in [1.165, 1.54) is 54.2 Å². The molecule has 7 atom stereocenters. The van der Waals surface area contributed by atoms with Gasteiger partial charge in [0.15, 0.2) is 22.0 Å². The van der Waals surface area contributed by atoms with Gasteiger partial charge in [-0.05, 0) is 92.4 Å². The molecule has 35 nitrogen and oxygen atoms in total. The first-order valence-electron chi connectivity index (χ1n) is 30.6. The number of nitrogens with one attached hydrogen (secondary N) is 4. The van der Waals surface area contributed by atoms with Crippen molar-refractivity contribution >= 4 is 138 Å². The van der Waals surface area contributed by atoms with E-state index in [1.807, 2.05) is 20.8 Å². The summed E-state index contributed by atoms with van der Waals surface area (Å²) in [5.41, 5.74) is 4.11. The fourth-order valence-electron chi connectivity index (χ4n) is 9.79. The molecule has 1 fully saturated rings. The first kappa shape index (κ1) is 85.5. The van der Waals surface area contributed by atoms with E-state index in [0.29, 0.717) is 37.6 Å². The molecule has 0 radical (unpaired) electrons. The number of benzene rings is 3. The number of nitrogens with two attached hydrogens (primary N) is 1. The van der Waals surface area contributed by atoms with E-state index in [2.05, 4.69) is 36.1 Å². The molecule has 44 heteroatoms. The molecule has 0 saturated carbocycles. The van der Waals surface area contributed by atoms with Crippen LogP contribution in [0.15, 0.2) is 68.3 Å². The van der Waals surface area contributed by atoms with E-state index in [0.717, 1.165) is 12.1 Å². The number of anilines is 1. The zero-order chi connectivity index (χ0) is 75.4. The Morgan fingerprint density at radius 2 is 1.58 bits per heavy atom. The second-order valence-electron chi connectivity index (χ2n) is 22.6. The van der Waals surface area contributed by atoms with Gasteiger partial charge in [0.2, 0.25) is 16.2 Å². The monoisotopic (exact) mass is 1610 g/mol. The first-order valence-corrected chi connectivity index (χ1v) is 42.8. The number of rotatable bonds is 41. The number of Topliss-reactive ketones (excluding diaryl/α,β-unsaturated/α-hetero) is 1. The molecule has 6 rings (SSSR count). The van der Waals surface area contributed by atoms with Crippen molar-refractivity contribution in [2.24, 2.45) is 5.92 Å². The standard InChI is InChI=1S/C58H76N5O30P3S6/c1-5-100(97)34-88-46-31-45(90-47(46)32-89-95(73,74)93-96(75,76)92-94(70,71)72)41-30-36(54(60)63-55(41)66)11-6-7-13-48(65)86-24-9-8-22-85-33-98-99-58(2,3)20-25-87-57(69)62-21-26-84-28-27-83-23-10-12-44(64)35-14-15-37(56(67)68)40(29-35)49-38-16-18-42(59)52(101(77,78)79)50(38)91-51-39(49)17-19-43(61-4)53(51)102(80,81)82/h14-19,29-30,41,45-47H,5,7-10,12-13,20-28,31-34,59H2,1-4H3,(H,62,69)(H,67,68)(H,73,74)(H,75,76)(H2,60,63,66)(H2,70,71,72)(H,77,78,79)(H,80,81,82)/p+1/t41?,45-,46+,47-,100?/m1/s1. The van der Waals surface area contributed by atoms with Gasteiger partial charge in [-0.15, -0.1) is 0 Å². The highest BCUT2D eigenvalue weighted by atomic mass is 33.1. The Bertz CT molecular complexity index is 4290. The Labute approximate surface area is 600 Å². The van der Waals surface area contributed by atoms with Gasteiger partial charge in [0.05, 0.1) is 87.0 Å². The molecule has 1 aliphatic carbocycles. The van der Waals surface area contributed by atoms with Crippen molar-refractivity contribution in [3.8, 4) is 34.3 Å².